The maximum absolute atomic E-state index is 11.3. The zero-order chi connectivity index (χ0) is 14.3. The number of rotatable bonds is 3. The Kier molecular flexibility index (Phi) is 2.92. The largest absolute Gasteiger partial charge is 0.481 e. The molecule has 2 atom stereocenters. The first kappa shape index (κ1) is 13.3. The smallest absolute Gasteiger partial charge is 0.304 e. The maximum Gasteiger partial charge on any atom is 0.304 e. The van der Waals surface area contributed by atoms with Crippen LogP contribution in [0.2, 0.25) is 0 Å². The number of carboxylic acid groups (broad SMARTS) is 1. The summed E-state index contributed by atoms with van der Waals surface area (Å²) in [7, 11) is 0. The molecule has 0 radical (unpaired) electrons. The third-order valence-electron chi connectivity index (χ3n) is 3.76. The lowest BCUT2D eigenvalue weighted by Crippen LogP contribution is -2.39. The van der Waals surface area contributed by atoms with Crippen LogP contribution in [0.1, 0.15) is 31.4 Å². The second-order valence-corrected chi connectivity index (χ2v) is 5.27. The van der Waals surface area contributed by atoms with E-state index in [9.17, 15) is 14.9 Å². The van der Waals surface area contributed by atoms with Crippen LogP contribution in [0.5, 0.6) is 0 Å². The lowest BCUT2D eigenvalue weighted by Gasteiger charge is -2.35. The quantitative estimate of drug-likeness (QED) is 0.515. The predicted octanol–water partition coefficient (Wildman–Crippen LogP) is 2.48. The molecule has 5 heteroatoms. The highest BCUT2D eigenvalue weighted by molar-refractivity contribution is 5.70. The van der Waals surface area contributed by atoms with Gasteiger partial charge in [0.05, 0.1) is 6.42 Å². The number of carboxylic acids is 1. The highest BCUT2D eigenvalue weighted by Gasteiger charge is 2.46. The minimum Gasteiger partial charge on any atom is -0.481 e. The number of fused-ring (bicyclic) bond motifs is 1. The molecule has 0 saturated carbocycles. The predicted molar refractivity (Wildman–Crippen MR) is 69.5 cm³/mol. The van der Waals surface area contributed by atoms with Gasteiger partial charge in [0, 0.05) is 22.8 Å². The Bertz CT molecular complexity index is 581. The van der Waals surface area contributed by atoms with Gasteiger partial charge in [-0.25, -0.2) is 0 Å². The van der Waals surface area contributed by atoms with Crippen molar-refractivity contribution in [2.24, 2.45) is 0 Å². The molecule has 1 aromatic carbocycles. The van der Waals surface area contributed by atoms with Gasteiger partial charge >= 0.3 is 5.97 Å². The van der Waals surface area contributed by atoms with Crippen molar-refractivity contribution < 1.29 is 14.8 Å². The number of benzene rings is 1. The van der Waals surface area contributed by atoms with Crippen molar-refractivity contribution in [3.8, 4) is 0 Å². The molecule has 2 unspecified atom stereocenters. The number of hydrogen-bond acceptors (Lipinski definition) is 3. The van der Waals surface area contributed by atoms with E-state index in [1.165, 1.54) is 13.0 Å². The first-order chi connectivity index (χ1) is 8.79. The number of carbonyl (C=O) groups is 1. The summed E-state index contributed by atoms with van der Waals surface area (Å²) in [4.78, 5) is 22.0. The molecular weight excluding hydrogens is 246 g/mol. The maximum atomic E-state index is 11.3. The summed E-state index contributed by atoms with van der Waals surface area (Å²) in [5.41, 5.74) is -0.739. The van der Waals surface area contributed by atoms with Crippen molar-refractivity contribution in [1.82, 2.24) is 0 Å². The second kappa shape index (κ2) is 4.19. The molecule has 1 aliphatic carbocycles. The van der Waals surface area contributed by atoms with Crippen LogP contribution in [0.3, 0.4) is 0 Å². The van der Waals surface area contributed by atoms with Crippen molar-refractivity contribution in [1.29, 1.82) is 0 Å². The zero-order valence-electron chi connectivity index (χ0n) is 10.8. The van der Waals surface area contributed by atoms with Gasteiger partial charge in [0.2, 0.25) is 0 Å². The van der Waals surface area contributed by atoms with Crippen LogP contribution in [0.4, 0.5) is 0 Å². The van der Waals surface area contributed by atoms with E-state index in [1.807, 2.05) is 0 Å². The molecule has 0 amide bonds. The van der Waals surface area contributed by atoms with Crippen molar-refractivity contribution in [3.63, 3.8) is 0 Å². The van der Waals surface area contributed by atoms with E-state index in [1.54, 1.807) is 37.3 Å². The minimum atomic E-state index is -1.30. The Hall–Kier alpha value is -2.17. The van der Waals surface area contributed by atoms with E-state index in [0.717, 1.165) is 0 Å². The van der Waals surface area contributed by atoms with Crippen molar-refractivity contribution >= 4 is 5.97 Å². The summed E-state index contributed by atoms with van der Waals surface area (Å²) in [6, 6.07) is 6.98. The first-order valence-electron chi connectivity index (χ1n) is 5.96. The van der Waals surface area contributed by atoms with Crippen molar-refractivity contribution in [3.05, 3.63) is 57.7 Å². The third kappa shape index (κ3) is 2.01. The second-order valence-electron chi connectivity index (χ2n) is 5.27. The molecule has 100 valence electrons. The van der Waals surface area contributed by atoms with Gasteiger partial charge < -0.3 is 5.11 Å². The van der Waals surface area contributed by atoms with Crippen molar-refractivity contribution in [2.75, 3.05) is 0 Å². The molecule has 0 saturated heterocycles. The van der Waals surface area contributed by atoms with Gasteiger partial charge in [-0.05, 0) is 11.6 Å². The summed E-state index contributed by atoms with van der Waals surface area (Å²) in [6.07, 6.45) is 3.05. The van der Waals surface area contributed by atoms with Gasteiger partial charge in [0.15, 0.2) is 0 Å². The number of nitrogens with zero attached hydrogens (tertiary/aromatic N) is 1. The number of aliphatic carboxylic acids is 1. The monoisotopic (exact) mass is 261 g/mol. The average Bonchev–Trinajstić information content (AvgIpc) is 2.34. The SMILES string of the molecule is CC1(CC(=O)O)C=CC(C)([N+](=O)[O-])c2ccccc21. The Morgan fingerprint density at radius 2 is 1.84 bits per heavy atom. The third-order valence-corrected chi connectivity index (χ3v) is 3.76. The van der Waals surface area contributed by atoms with E-state index in [2.05, 4.69) is 0 Å². The Balaban J connectivity index is 2.64. The Morgan fingerprint density at radius 1 is 1.26 bits per heavy atom. The molecule has 1 aliphatic rings. The summed E-state index contributed by atoms with van der Waals surface area (Å²) in [6.45, 7) is 3.32. The fourth-order valence-corrected chi connectivity index (χ4v) is 2.58. The van der Waals surface area contributed by atoms with Crippen LogP contribution >= 0.6 is 0 Å². The number of hydrogen-bond donors (Lipinski definition) is 1. The zero-order valence-corrected chi connectivity index (χ0v) is 10.8. The molecule has 1 N–H and O–H groups in total. The van der Waals surface area contributed by atoms with Gasteiger partial charge in [0.1, 0.15) is 0 Å². The summed E-state index contributed by atoms with van der Waals surface area (Å²) in [5, 5.41) is 20.3. The standard InChI is InChI=1S/C14H15NO4/c1-13(9-12(16)17)7-8-14(2,15(18)19)11-6-4-3-5-10(11)13/h3-8H,9H2,1-2H3,(H,16,17). The van der Waals surface area contributed by atoms with Crippen LogP contribution in [-0.4, -0.2) is 16.0 Å². The average molecular weight is 261 g/mol. The minimum absolute atomic E-state index is 0.0890. The molecule has 0 heterocycles. The fourth-order valence-electron chi connectivity index (χ4n) is 2.58. The lowest BCUT2D eigenvalue weighted by molar-refractivity contribution is -0.559. The Morgan fingerprint density at radius 3 is 2.37 bits per heavy atom. The molecule has 1 aromatic rings. The molecule has 5 nitrogen and oxygen atoms in total. The fraction of sp³-hybridized carbons (Fsp3) is 0.357. The van der Waals surface area contributed by atoms with E-state index < -0.39 is 16.9 Å². The van der Waals surface area contributed by atoms with E-state index in [0.29, 0.717) is 11.1 Å². The van der Waals surface area contributed by atoms with Crippen LogP contribution in [-0.2, 0) is 15.7 Å². The molecular formula is C14H15NO4. The topological polar surface area (TPSA) is 80.4 Å². The molecule has 0 aliphatic heterocycles. The first-order valence-corrected chi connectivity index (χ1v) is 5.96. The lowest BCUT2D eigenvalue weighted by atomic mass is 9.68. The molecule has 0 fully saturated rings. The Labute approximate surface area is 110 Å². The van der Waals surface area contributed by atoms with Crippen LogP contribution in [0, 0.1) is 10.1 Å². The van der Waals surface area contributed by atoms with Gasteiger partial charge in [-0.15, -0.1) is 0 Å². The highest BCUT2D eigenvalue weighted by atomic mass is 16.6. The molecule has 2 rings (SSSR count). The summed E-state index contributed by atoms with van der Waals surface area (Å²) >= 11 is 0. The molecule has 0 aromatic heterocycles. The van der Waals surface area contributed by atoms with Crippen molar-refractivity contribution in [2.45, 2.75) is 31.2 Å². The molecule has 19 heavy (non-hydrogen) atoms. The van der Waals surface area contributed by atoms with E-state index >= 15 is 0 Å². The van der Waals surface area contributed by atoms with Gasteiger partial charge in [-0.2, -0.15) is 0 Å². The highest BCUT2D eigenvalue weighted by Crippen LogP contribution is 2.43. The molecule has 0 spiro atoms. The van der Waals surface area contributed by atoms with Crippen LogP contribution in [0.25, 0.3) is 0 Å². The summed E-state index contributed by atoms with van der Waals surface area (Å²) in [5.74, 6) is -0.924. The molecule has 0 bridgehead atoms. The number of nitro groups is 1. The van der Waals surface area contributed by atoms with E-state index in [4.69, 9.17) is 5.11 Å². The summed E-state index contributed by atoms with van der Waals surface area (Å²) < 4.78 is 0. The number of allylic oxidation sites excluding steroid dienone is 1. The normalized spacial score (nSPS) is 28.7. The van der Waals surface area contributed by atoms with E-state index in [-0.39, 0.29) is 11.3 Å². The van der Waals surface area contributed by atoms with Gasteiger partial charge in [-0.1, -0.05) is 37.3 Å². The van der Waals surface area contributed by atoms with Gasteiger partial charge in [-0.3, -0.25) is 14.9 Å². The van der Waals surface area contributed by atoms with Crippen LogP contribution in [0.15, 0.2) is 36.4 Å². The van der Waals surface area contributed by atoms with Crippen LogP contribution < -0.4 is 0 Å². The van der Waals surface area contributed by atoms with Gasteiger partial charge in [0.25, 0.3) is 5.54 Å².